The number of benzene rings is 2. The van der Waals surface area contributed by atoms with E-state index < -0.39 is 5.97 Å². The van der Waals surface area contributed by atoms with Crippen molar-refractivity contribution in [1.29, 1.82) is 0 Å². The molecular weight excluding hydrogens is 408 g/mol. The second kappa shape index (κ2) is 12.1. The molecule has 3 rings (SSSR count). The molecule has 2 amide bonds. The van der Waals surface area contributed by atoms with Crippen molar-refractivity contribution in [2.45, 2.75) is 32.2 Å². The molecule has 0 spiro atoms. The summed E-state index contributed by atoms with van der Waals surface area (Å²) in [5.74, 6) is -0.356. The van der Waals surface area contributed by atoms with Crippen LogP contribution in [0.3, 0.4) is 0 Å². The molecule has 2 aromatic carbocycles. The van der Waals surface area contributed by atoms with Crippen molar-refractivity contribution in [3.05, 3.63) is 89.9 Å². The van der Waals surface area contributed by atoms with Crippen LogP contribution in [0.15, 0.2) is 77.4 Å². The summed E-state index contributed by atoms with van der Waals surface area (Å²) in [6.07, 6.45) is 3.11. The number of hydrogen-bond acceptors (Lipinski definition) is 5. The zero-order valence-electron chi connectivity index (χ0n) is 17.7. The zero-order valence-corrected chi connectivity index (χ0v) is 17.7. The Balaban J connectivity index is 1.35. The summed E-state index contributed by atoms with van der Waals surface area (Å²) in [7, 11) is 0. The highest BCUT2D eigenvalue weighted by Crippen LogP contribution is 2.12. The SMILES string of the molecule is O=C(CCC(=O)OCCCc1ccccc1)Nc1cccc(C(=O)NCc2ccco2)c1. The first-order valence-electron chi connectivity index (χ1n) is 10.5. The van der Waals surface area contributed by atoms with E-state index in [1.807, 2.05) is 30.3 Å². The molecule has 32 heavy (non-hydrogen) atoms. The number of aryl methyl sites for hydroxylation is 1. The van der Waals surface area contributed by atoms with Gasteiger partial charge >= 0.3 is 5.97 Å². The van der Waals surface area contributed by atoms with Crippen molar-refractivity contribution < 1.29 is 23.5 Å². The monoisotopic (exact) mass is 434 g/mol. The third-order valence-corrected chi connectivity index (χ3v) is 4.68. The maximum atomic E-state index is 12.3. The minimum absolute atomic E-state index is 0.000490. The van der Waals surface area contributed by atoms with Crippen LogP contribution in [-0.4, -0.2) is 24.4 Å². The molecule has 0 aliphatic rings. The molecule has 7 heteroatoms. The Morgan fingerprint density at radius 1 is 0.906 bits per heavy atom. The molecule has 0 fully saturated rings. The van der Waals surface area contributed by atoms with Gasteiger partial charge in [0.25, 0.3) is 5.91 Å². The van der Waals surface area contributed by atoms with Crippen LogP contribution in [0.4, 0.5) is 5.69 Å². The molecule has 3 aromatic rings. The molecule has 0 aliphatic heterocycles. The lowest BCUT2D eigenvalue weighted by Crippen LogP contribution is -2.22. The topological polar surface area (TPSA) is 97.6 Å². The van der Waals surface area contributed by atoms with E-state index in [1.165, 1.54) is 11.8 Å². The van der Waals surface area contributed by atoms with Crippen LogP contribution in [0.5, 0.6) is 0 Å². The lowest BCUT2D eigenvalue weighted by atomic mass is 10.1. The molecule has 0 atom stereocenters. The summed E-state index contributed by atoms with van der Waals surface area (Å²) >= 11 is 0. The second-order valence-electron chi connectivity index (χ2n) is 7.20. The highest BCUT2D eigenvalue weighted by Gasteiger charge is 2.11. The van der Waals surface area contributed by atoms with Crippen molar-refractivity contribution in [1.82, 2.24) is 5.32 Å². The Morgan fingerprint density at radius 3 is 2.53 bits per heavy atom. The number of nitrogens with one attached hydrogen (secondary N) is 2. The molecule has 0 saturated heterocycles. The minimum Gasteiger partial charge on any atom is -0.467 e. The van der Waals surface area contributed by atoms with E-state index in [0.29, 0.717) is 23.6 Å². The molecule has 1 aromatic heterocycles. The van der Waals surface area contributed by atoms with Gasteiger partial charge in [-0.2, -0.15) is 0 Å². The Kier molecular flexibility index (Phi) is 8.62. The maximum absolute atomic E-state index is 12.3. The van der Waals surface area contributed by atoms with Gasteiger partial charge in [-0.05, 0) is 48.7 Å². The van der Waals surface area contributed by atoms with Crippen molar-refractivity contribution in [3.63, 3.8) is 0 Å². The van der Waals surface area contributed by atoms with Crippen LogP contribution < -0.4 is 10.6 Å². The van der Waals surface area contributed by atoms with Gasteiger partial charge in [-0.15, -0.1) is 0 Å². The van der Waals surface area contributed by atoms with Crippen LogP contribution in [0, 0.1) is 0 Å². The van der Waals surface area contributed by atoms with Gasteiger partial charge in [-0.3, -0.25) is 14.4 Å². The van der Waals surface area contributed by atoms with Gasteiger partial charge in [0.2, 0.25) is 5.91 Å². The summed E-state index contributed by atoms with van der Waals surface area (Å²) in [6, 6.07) is 20.1. The van der Waals surface area contributed by atoms with E-state index in [4.69, 9.17) is 9.15 Å². The van der Waals surface area contributed by atoms with E-state index in [1.54, 1.807) is 36.4 Å². The van der Waals surface area contributed by atoms with Gasteiger partial charge in [-0.25, -0.2) is 0 Å². The zero-order chi connectivity index (χ0) is 22.6. The molecule has 0 bridgehead atoms. The molecule has 166 valence electrons. The predicted octanol–water partition coefficient (Wildman–Crippen LogP) is 4.10. The summed E-state index contributed by atoms with van der Waals surface area (Å²) in [5.41, 5.74) is 2.09. The molecule has 0 unspecified atom stereocenters. The van der Waals surface area contributed by atoms with E-state index in [-0.39, 0.29) is 31.2 Å². The number of carbonyl (C=O) groups is 3. The van der Waals surface area contributed by atoms with Gasteiger partial charge in [0, 0.05) is 17.7 Å². The number of ether oxygens (including phenoxy) is 1. The lowest BCUT2D eigenvalue weighted by Gasteiger charge is -2.08. The summed E-state index contributed by atoms with van der Waals surface area (Å²) in [4.78, 5) is 36.3. The standard InChI is InChI=1S/C25H26N2O5/c28-23(13-14-24(29)32-16-5-9-19-7-2-1-3-8-19)27-21-11-4-10-20(17-21)25(30)26-18-22-12-6-15-31-22/h1-4,6-8,10-12,15,17H,5,9,13-14,16,18H2,(H,26,30)(H,27,28). The summed E-state index contributed by atoms with van der Waals surface area (Å²) in [6.45, 7) is 0.598. The Bertz CT molecular complexity index is 1020. The number of esters is 1. The van der Waals surface area contributed by atoms with E-state index in [0.717, 1.165) is 12.8 Å². The van der Waals surface area contributed by atoms with Crippen LogP contribution >= 0.6 is 0 Å². The number of furan rings is 1. The van der Waals surface area contributed by atoms with Crippen molar-refractivity contribution in [3.8, 4) is 0 Å². The molecule has 7 nitrogen and oxygen atoms in total. The number of carbonyl (C=O) groups excluding carboxylic acids is 3. The molecule has 0 aliphatic carbocycles. The highest BCUT2D eigenvalue weighted by atomic mass is 16.5. The summed E-state index contributed by atoms with van der Waals surface area (Å²) in [5, 5.41) is 5.46. The minimum atomic E-state index is -0.403. The molecule has 0 saturated carbocycles. The smallest absolute Gasteiger partial charge is 0.306 e. The quantitative estimate of drug-likeness (QED) is 0.350. The van der Waals surface area contributed by atoms with Crippen LogP contribution in [0.2, 0.25) is 0 Å². The highest BCUT2D eigenvalue weighted by molar-refractivity contribution is 5.97. The third-order valence-electron chi connectivity index (χ3n) is 4.68. The number of hydrogen-bond donors (Lipinski definition) is 2. The molecule has 0 radical (unpaired) electrons. The van der Waals surface area contributed by atoms with Gasteiger partial charge in [-0.1, -0.05) is 36.4 Å². The normalized spacial score (nSPS) is 10.4. The average molecular weight is 434 g/mol. The van der Waals surface area contributed by atoms with Gasteiger partial charge in [0.15, 0.2) is 0 Å². The van der Waals surface area contributed by atoms with Crippen LogP contribution in [0.1, 0.15) is 40.9 Å². The fraction of sp³-hybridized carbons (Fsp3) is 0.240. The fourth-order valence-electron chi connectivity index (χ4n) is 3.04. The Morgan fingerprint density at radius 2 is 1.75 bits per heavy atom. The third kappa shape index (κ3) is 7.75. The van der Waals surface area contributed by atoms with E-state index >= 15 is 0 Å². The maximum Gasteiger partial charge on any atom is 0.306 e. The van der Waals surface area contributed by atoms with Gasteiger partial charge < -0.3 is 19.8 Å². The first-order chi connectivity index (χ1) is 15.6. The van der Waals surface area contributed by atoms with Gasteiger partial charge in [0.1, 0.15) is 5.76 Å². The summed E-state index contributed by atoms with van der Waals surface area (Å²) < 4.78 is 10.4. The predicted molar refractivity (Wildman–Crippen MR) is 120 cm³/mol. The number of amides is 2. The van der Waals surface area contributed by atoms with Crippen molar-refractivity contribution in [2.75, 3.05) is 11.9 Å². The lowest BCUT2D eigenvalue weighted by molar-refractivity contribution is -0.144. The molecule has 1 heterocycles. The Labute approximate surface area is 186 Å². The largest absolute Gasteiger partial charge is 0.467 e. The van der Waals surface area contributed by atoms with Crippen LogP contribution in [0.25, 0.3) is 0 Å². The first kappa shape index (κ1) is 22.8. The fourth-order valence-corrected chi connectivity index (χ4v) is 3.04. The first-order valence-corrected chi connectivity index (χ1v) is 10.5. The average Bonchev–Trinajstić information content (AvgIpc) is 3.33. The molecule has 2 N–H and O–H groups in total. The van der Waals surface area contributed by atoms with Crippen molar-refractivity contribution in [2.24, 2.45) is 0 Å². The molecular formula is C25H26N2O5. The number of anilines is 1. The van der Waals surface area contributed by atoms with Crippen LogP contribution in [-0.2, 0) is 27.3 Å². The Hall–Kier alpha value is -3.87. The van der Waals surface area contributed by atoms with Gasteiger partial charge in [0.05, 0.1) is 25.8 Å². The van der Waals surface area contributed by atoms with Crippen molar-refractivity contribution >= 4 is 23.5 Å². The second-order valence-corrected chi connectivity index (χ2v) is 7.20. The number of rotatable bonds is 11. The van der Waals surface area contributed by atoms with E-state index in [9.17, 15) is 14.4 Å². The van der Waals surface area contributed by atoms with E-state index in [2.05, 4.69) is 10.6 Å².